The van der Waals surface area contributed by atoms with Crippen LogP contribution in [-0.2, 0) is 11.3 Å². The second-order valence-electron chi connectivity index (χ2n) is 5.63. The molecule has 24 heavy (non-hydrogen) atoms. The van der Waals surface area contributed by atoms with Gasteiger partial charge in [-0.25, -0.2) is 4.98 Å². The number of fused-ring (bicyclic) bond motifs is 1. The molecule has 1 aromatic heterocycles. The Morgan fingerprint density at radius 2 is 2.21 bits per heavy atom. The Bertz CT molecular complexity index is 756. The molecule has 3 N–H and O–H groups in total. The summed E-state index contributed by atoms with van der Waals surface area (Å²) in [5, 5.41) is 12.9. The van der Waals surface area contributed by atoms with Crippen LogP contribution in [0.1, 0.15) is 5.56 Å². The zero-order valence-corrected chi connectivity index (χ0v) is 13.7. The second-order valence-corrected chi connectivity index (χ2v) is 5.63. The number of anilines is 1. The fraction of sp³-hybridized carbons (Fsp3) is 0.500. The molecular formula is C16H22N4O4. The van der Waals surface area contributed by atoms with Crippen LogP contribution in [0.25, 0.3) is 10.9 Å². The Morgan fingerprint density at radius 1 is 1.42 bits per heavy atom. The van der Waals surface area contributed by atoms with E-state index in [4.69, 9.17) is 9.47 Å². The predicted octanol–water partition coefficient (Wildman–Crippen LogP) is 0.168. The van der Waals surface area contributed by atoms with E-state index < -0.39 is 0 Å². The van der Waals surface area contributed by atoms with Crippen LogP contribution in [0.15, 0.2) is 16.9 Å². The average Bonchev–Trinajstić information content (AvgIpc) is 2.61. The second kappa shape index (κ2) is 7.61. The largest absolute Gasteiger partial charge is 0.496 e. The molecule has 2 aromatic rings. The molecule has 1 aliphatic heterocycles. The van der Waals surface area contributed by atoms with E-state index in [-0.39, 0.29) is 12.2 Å². The lowest BCUT2D eigenvalue weighted by atomic mass is 10.1. The number of hydrogen-bond donors (Lipinski definition) is 3. The van der Waals surface area contributed by atoms with Gasteiger partial charge >= 0.3 is 0 Å². The van der Waals surface area contributed by atoms with Crippen molar-refractivity contribution in [3.8, 4) is 5.75 Å². The number of H-pyrrole nitrogens is 1. The molecule has 0 bridgehead atoms. The van der Waals surface area contributed by atoms with Crippen molar-refractivity contribution in [1.29, 1.82) is 0 Å². The summed E-state index contributed by atoms with van der Waals surface area (Å²) in [7, 11) is 1.52. The topological polar surface area (TPSA) is 99.7 Å². The van der Waals surface area contributed by atoms with Crippen LogP contribution in [0, 0.1) is 0 Å². The first kappa shape index (κ1) is 16.7. The van der Waals surface area contributed by atoms with Crippen molar-refractivity contribution < 1.29 is 14.6 Å². The average molecular weight is 334 g/mol. The maximum Gasteiger partial charge on any atom is 0.260 e. The van der Waals surface area contributed by atoms with E-state index in [9.17, 15) is 9.90 Å². The van der Waals surface area contributed by atoms with Gasteiger partial charge in [0.1, 0.15) is 5.75 Å². The zero-order valence-electron chi connectivity index (χ0n) is 13.7. The fourth-order valence-electron chi connectivity index (χ4n) is 2.77. The van der Waals surface area contributed by atoms with Gasteiger partial charge in [-0.3, -0.25) is 14.7 Å². The molecule has 0 unspecified atom stereocenters. The number of methoxy groups -OCH3 is 1. The molecule has 0 atom stereocenters. The third-order valence-electron chi connectivity index (χ3n) is 4.10. The first-order chi connectivity index (χ1) is 11.7. The number of nitrogens with one attached hydrogen (secondary N) is 2. The van der Waals surface area contributed by atoms with Crippen molar-refractivity contribution in [1.82, 2.24) is 14.9 Å². The van der Waals surface area contributed by atoms with Crippen molar-refractivity contribution in [2.45, 2.75) is 6.61 Å². The Labute approximate surface area is 139 Å². The molecule has 0 saturated carbocycles. The standard InChI is InChI=1S/C16H22N4O4/c1-23-14-9-13-12(8-11(14)10-21)15(22)19-16(18-13)17-2-3-20-4-6-24-7-5-20/h8-9,21H,2-7,10H2,1H3,(H2,17,18,19,22). The number of hydrogen-bond acceptors (Lipinski definition) is 7. The third-order valence-corrected chi connectivity index (χ3v) is 4.10. The number of aromatic nitrogens is 2. The Kier molecular flexibility index (Phi) is 5.29. The van der Waals surface area contributed by atoms with Crippen LogP contribution in [0.3, 0.4) is 0 Å². The van der Waals surface area contributed by atoms with Crippen LogP contribution in [0.5, 0.6) is 5.75 Å². The summed E-state index contributed by atoms with van der Waals surface area (Å²) in [6.07, 6.45) is 0. The maximum atomic E-state index is 12.2. The van der Waals surface area contributed by atoms with Crippen molar-refractivity contribution in [3.63, 3.8) is 0 Å². The minimum atomic E-state index is -0.244. The van der Waals surface area contributed by atoms with Gasteiger partial charge in [0.15, 0.2) is 0 Å². The van der Waals surface area contributed by atoms with Crippen molar-refractivity contribution in [2.24, 2.45) is 0 Å². The first-order valence-electron chi connectivity index (χ1n) is 7.97. The number of nitrogens with zero attached hydrogens (tertiary/aromatic N) is 2. The molecule has 1 saturated heterocycles. The molecule has 0 radical (unpaired) electrons. The molecule has 3 rings (SSSR count). The summed E-state index contributed by atoms with van der Waals surface area (Å²) < 4.78 is 10.6. The zero-order chi connectivity index (χ0) is 16.9. The number of rotatable bonds is 6. The minimum Gasteiger partial charge on any atom is -0.496 e. The lowest BCUT2D eigenvalue weighted by Gasteiger charge is -2.26. The van der Waals surface area contributed by atoms with Gasteiger partial charge in [0, 0.05) is 37.8 Å². The van der Waals surface area contributed by atoms with E-state index in [0.717, 1.165) is 32.8 Å². The monoisotopic (exact) mass is 334 g/mol. The lowest BCUT2D eigenvalue weighted by Crippen LogP contribution is -2.39. The molecule has 130 valence electrons. The molecule has 0 spiro atoms. The van der Waals surface area contributed by atoms with Crippen LogP contribution in [0.2, 0.25) is 0 Å². The van der Waals surface area contributed by atoms with Crippen molar-refractivity contribution in [3.05, 3.63) is 28.0 Å². The summed E-state index contributed by atoms with van der Waals surface area (Å²) in [6.45, 7) is 4.71. The Balaban J connectivity index is 1.75. The lowest BCUT2D eigenvalue weighted by molar-refractivity contribution is 0.0398. The van der Waals surface area contributed by atoms with E-state index in [1.807, 2.05) is 0 Å². The van der Waals surface area contributed by atoms with Gasteiger partial charge in [0.2, 0.25) is 5.95 Å². The first-order valence-corrected chi connectivity index (χ1v) is 7.97. The van der Waals surface area contributed by atoms with Crippen LogP contribution in [-0.4, -0.2) is 66.5 Å². The number of benzene rings is 1. The van der Waals surface area contributed by atoms with Crippen LogP contribution < -0.4 is 15.6 Å². The molecule has 8 heteroatoms. The summed E-state index contributed by atoms with van der Waals surface area (Å²) in [4.78, 5) is 21.7. The SMILES string of the molecule is COc1cc2nc(NCCN3CCOCC3)[nH]c(=O)c2cc1CO. The molecule has 8 nitrogen and oxygen atoms in total. The number of ether oxygens (including phenoxy) is 2. The van der Waals surface area contributed by atoms with Gasteiger partial charge in [-0.05, 0) is 6.07 Å². The predicted molar refractivity (Wildman–Crippen MR) is 90.6 cm³/mol. The maximum absolute atomic E-state index is 12.2. The Hall–Kier alpha value is -2.16. The van der Waals surface area contributed by atoms with Gasteiger partial charge < -0.3 is 19.9 Å². The van der Waals surface area contributed by atoms with E-state index >= 15 is 0 Å². The van der Waals surface area contributed by atoms with Crippen molar-refractivity contribution in [2.75, 3.05) is 51.8 Å². The van der Waals surface area contributed by atoms with Gasteiger partial charge in [-0.15, -0.1) is 0 Å². The highest BCUT2D eigenvalue weighted by molar-refractivity contribution is 5.81. The van der Waals surface area contributed by atoms with Crippen LogP contribution >= 0.6 is 0 Å². The molecule has 0 amide bonds. The quantitative estimate of drug-likeness (QED) is 0.692. The third kappa shape index (κ3) is 3.66. The summed E-state index contributed by atoms with van der Waals surface area (Å²) in [5.41, 5.74) is 0.846. The van der Waals surface area contributed by atoms with Crippen molar-refractivity contribution >= 4 is 16.9 Å². The summed E-state index contributed by atoms with van der Waals surface area (Å²) in [5.74, 6) is 0.946. The normalized spacial score (nSPS) is 15.6. The molecular weight excluding hydrogens is 312 g/mol. The minimum absolute atomic E-state index is 0.196. The van der Waals surface area contributed by atoms with Crippen LogP contribution in [0.4, 0.5) is 5.95 Å². The van der Waals surface area contributed by atoms with E-state index in [0.29, 0.717) is 34.7 Å². The van der Waals surface area contributed by atoms with Gasteiger partial charge in [-0.2, -0.15) is 0 Å². The van der Waals surface area contributed by atoms with Gasteiger partial charge in [-0.1, -0.05) is 0 Å². The van der Waals surface area contributed by atoms with E-state index in [1.165, 1.54) is 7.11 Å². The molecule has 0 aliphatic carbocycles. The number of morpholine rings is 1. The molecule has 1 aliphatic rings. The highest BCUT2D eigenvalue weighted by Gasteiger charge is 2.11. The van der Waals surface area contributed by atoms with E-state index in [2.05, 4.69) is 20.2 Å². The smallest absolute Gasteiger partial charge is 0.260 e. The molecule has 2 heterocycles. The highest BCUT2D eigenvalue weighted by atomic mass is 16.5. The number of aliphatic hydroxyl groups excluding tert-OH is 1. The summed E-state index contributed by atoms with van der Waals surface area (Å²) in [6, 6.07) is 3.28. The van der Waals surface area contributed by atoms with E-state index in [1.54, 1.807) is 12.1 Å². The van der Waals surface area contributed by atoms with Gasteiger partial charge in [0.25, 0.3) is 5.56 Å². The molecule has 1 aromatic carbocycles. The Morgan fingerprint density at radius 3 is 2.92 bits per heavy atom. The van der Waals surface area contributed by atoms with Gasteiger partial charge in [0.05, 0.1) is 37.8 Å². The fourth-order valence-corrected chi connectivity index (χ4v) is 2.77. The highest BCUT2D eigenvalue weighted by Crippen LogP contribution is 2.23. The number of aliphatic hydroxyl groups is 1. The summed E-state index contributed by atoms with van der Waals surface area (Å²) >= 11 is 0. The number of aromatic amines is 1. The molecule has 1 fully saturated rings.